The van der Waals surface area contributed by atoms with Gasteiger partial charge in [0, 0.05) is 16.2 Å². The lowest BCUT2D eigenvalue weighted by Crippen LogP contribution is -2.19. The highest BCUT2D eigenvalue weighted by Crippen LogP contribution is 2.35. The summed E-state index contributed by atoms with van der Waals surface area (Å²) in [6.07, 6.45) is 0. The zero-order valence-electron chi connectivity index (χ0n) is 11.9. The van der Waals surface area contributed by atoms with E-state index in [0.29, 0.717) is 27.3 Å². The molecule has 0 radical (unpaired) electrons. The Bertz CT molecular complexity index is 697. The van der Waals surface area contributed by atoms with E-state index in [9.17, 15) is 0 Å². The molecule has 0 fully saturated rings. The smallest absolute Gasteiger partial charge is 0.175 e. The average molecular weight is 402 g/mol. The van der Waals surface area contributed by atoms with Gasteiger partial charge in [-0.2, -0.15) is 0 Å². The number of hydrogen-bond acceptors (Lipinski definition) is 3. The number of rotatable bonds is 4. The quantitative estimate of drug-likeness (QED) is 0.711. The van der Waals surface area contributed by atoms with Crippen molar-refractivity contribution in [3.05, 3.63) is 45.9 Å². The summed E-state index contributed by atoms with van der Waals surface area (Å²) in [5, 5.41) is 7.05. The van der Waals surface area contributed by atoms with E-state index >= 15 is 0 Å². The summed E-state index contributed by atoms with van der Waals surface area (Å²) in [6, 6.07) is 11.1. The van der Waals surface area contributed by atoms with Gasteiger partial charge in [-0.15, -0.1) is 0 Å². The number of methoxy groups -OCH3 is 2. The van der Waals surface area contributed by atoms with Crippen LogP contribution < -0.4 is 20.1 Å². The van der Waals surface area contributed by atoms with E-state index in [0.717, 1.165) is 10.2 Å². The highest BCUT2D eigenvalue weighted by atomic mass is 79.9. The van der Waals surface area contributed by atoms with Gasteiger partial charge in [0.2, 0.25) is 0 Å². The third-order valence-corrected chi connectivity index (χ3v) is 3.80. The standard InChI is InChI=1S/C15H14BrClN2O2S/c1-20-13-8-14(21-2)12(7-11(13)17)19-15(22)18-10-5-3-4-9(16)6-10/h3-8H,1-2H3,(H2,18,19,22). The normalized spacial score (nSPS) is 10.0. The third-order valence-electron chi connectivity index (χ3n) is 2.80. The van der Waals surface area contributed by atoms with Crippen molar-refractivity contribution in [2.75, 3.05) is 24.9 Å². The average Bonchev–Trinajstić information content (AvgIpc) is 2.47. The first-order chi connectivity index (χ1) is 10.5. The van der Waals surface area contributed by atoms with Crippen molar-refractivity contribution in [3.63, 3.8) is 0 Å². The van der Waals surface area contributed by atoms with Crippen molar-refractivity contribution < 1.29 is 9.47 Å². The Balaban J connectivity index is 2.16. The first kappa shape index (κ1) is 16.9. The van der Waals surface area contributed by atoms with Gasteiger partial charge in [-0.25, -0.2) is 0 Å². The van der Waals surface area contributed by atoms with E-state index in [2.05, 4.69) is 26.6 Å². The van der Waals surface area contributed by atoms with Crippen LogP contribution in [0, 0.1) is 0 Å². The second-order valence-electron chi connectivity index (χ2n) is 4.28. The molecule has 0 aliphatic heterocycles. The molecule has 0 amide bonds. The number of anilines is 2. The molecule has 0 spiro atoms. The van der Waals surface area contributed by atoms with E-state index in [1.807, 2.05) is 24.3 Å². The number of thiocarbonyl (C=S) groups is 1. The summed E-state index contributed by atoms with van der Waals surface area (Å²) in [6.45, 7) is 0. The van der Waals surface area contributed by atoms with Gasteiger partial charge in [0.25, 0.3) is 0 Å². The van der Waals surface area contributed by atoms with Crippen molar-refractivity contribution in [3.8, 4) is 11.5 Å². The van der Waals surface area contributed by atoms with Crippen LogP contribution >= 0.6 is 39.7 Å². The van der Waals surface area contributed by atoms with Crippen LogP contribution in [0.2, 0.25) is 5.02 Å². The monoisotopic (exact) mass is 400 g/mol. The van der Waals surface area contributed by atoms with Gasteiger partial charge in [-0.05, 0) is 36.5 Å². The summed E-state index contributed by atoms with van der Waals surface area (Å²) < 4.78 is 11.4. The van der Waals surface area contributed by atoms with E-state index in [1.54, 1.807) is 26.4 Å². The Kier molecular flexibility index (Phi) is 5.88. The molecule has 7 heteroatoms. The van der Waals surface area contributed by atoms with Crippen molar-refractivity contribution >= 4 is 56.2 Å². The molecule has 4 nitrogen and oxygen atoms in total. The van der Waals surface area contributed by atoms with Crippen LogP contribution in [-0.4, -0.2) is 19.3 Å². The van der Waals surface area contributed by atoms with E-state index < -0.39 is 0 Å². The molecule has 2 aromatic rings. The lowest BCUT2D eigenvalue weighted by molar-refractivity contribution is 0.396. The summed E-state index contributed by atoms with van der Waals surface area (Å²) in [7, 11) is 3.12. The van der Waals surface area contributed by atoms with Gasteiger partial charge in [0.05, 0.1) is 24.9 Å². The summed E-state index contributed by atoms with van der Waals surface area (Å²) in [5.74, 6) is 1.12. The summed E-state index contributed by atoms with van der Waals surface area (Å²) >= 11 is 14.9. The third kappa shape index (κ3) is 4.25. The van der Waals surface area contributed by atoms with Crippen molar-refractivity contribution in [2.45, 2.75) is 0 Å². The zero-order chi connectivity index (χ0) is 16.1. The highest BCUT2D eigenvalue weighted by molar-refractivity contribution is 9.10. The minimum Gasteiger partial charge on any atom is -0.495 e. The molecule has 116 valence electrons. The van der Waals surface area contributed by atoms with Crippen molar-refractivity contribution in [2.24, 2.45) is 0 Å². The van der Waals surface area contributed by atoms with Crippen LogP contribution in [0.5, 0.6) is 11.5 Å². The molecule has 2 rings (SSSR count). The van der Waals surface area contributed by atoms with E-state index in [-0.39, 0.29) is 0 Å². The van der Waals surface area contributed by atoms with Crippen molar-refractivity contribution in [1.82, 2.24) is 0 Å². The lowest BCUT2D eigenvalue weighted by atomic mass is 10.2. The molecular formula is C15H14BrClN2O2S. The Labute approximate surface area is 147 Å². The largest absolute Gasteiger partial charge is 0.495 e. The molecule has 0 bridgehead atoms. The molecule has 0 aromatic heterocycles. The van der Waals surface area contributed by atoms with Gasteiger partial charge in [-0.3, -0.25) is 0 Å². The molecule has 0 aliphatic carbocycles. The van der Waals surface area contributed by atoms with Crippen LogP contribution in [0.3, 0.4) is 0 Å². The molecule has 0 heterocycles. The minimum atomic E-state index is 0.428. The lowest BCUT2D eigenvalue weighted by Gasteiger charge is -2.15. The number of halogens is 2. The minimum absolute atomic E-state index is 0.428. The van der Waals surface area contributed by atoms with E-state index in [1.165, 1.54) is 0 Å². The van der Waals surface area contributed by atoms with Crippen LogP contribution in [0.15, 0.2) is 40.9 Å². The fourth-order valence-corrected chi connectivity index (χ4v) is 2.68. The molecular weight excluding hydrogens is 388 g/mol. The Morgan fingerprint density at radius 2 is 1.82 bits per heavy atom. The maximum absolute atomic E-state index is 6.13. The first-order valence-electron chi connectivity index (χ1n) is 6.28. The van der Waals surface area contributed by atoms with E-state index in [4.69, 9.17) is 33.3 Å². The molecule has 2 N–H and O–H groups in total. The Hall–Kier alpha value is -1.50. The molecule has 2 aromatic carbocycles. The number of benzene rings is 2. The SMILES string of the molecule is COc1cc(OC)c(NC(=S)Nc2cccc(Br)c2)cc1Cl. The second kappa shape index (κ2) is 7.67. The van der Waals surface area contributed by atoms with Gasteiger partial charge < -0.3 is 20.1 Å². The van der Waals surface area contributed by atoms with Crippen LogP contribution in [-0.2, 0) is 0 Å². The van der Waals surface area contributed by atoms with Crippen LogP contribution in [0.25, 0.3) is 0 Å². The number of nitrogens with one attached hydrogen (secondary N) is 2. The fraction of sp³-hybridized carbons (Fsp3) is 0.133. The van der Waals surface area contributed by atoms with Gasteiger partial charge in [0.15, 0.2) is 5.11 Å². The van der Waals surface area contributed by atoms with Crippen LogP contribution in [0.4, 0.5) is 11.4 Å². The molecule has 0 saturated heterocycles. The molecule has 0 atom stereocenters. The maximum Gasteiger partial charge on any atom is 0.175 e. The number of ether oxygens (including phenoxy) is 2. The molecule has 22 heavy (non-hydrogen) atoms. The topological polar surface area (TPSA) is 42.5 Å². The molecule has 0 aliphatic rings. The molecule has 0 unspecified atom stereocenters. The maximum atomic E-state index is 6.13. The molecule has 0 saturated carbocycles. The van der Waals surface area contributed by atoms with Crippen molar-refractivity contribution in [1.29, 1.82) is 0 Å². The van der Waals surface area contributed by atoms with Gasteiger partial charge in [0.1, 0.15) is 11.5 Å². The Morgan fingerprint density at radius 3 is 2.45 bits per heavy atom. The van der Waals surface area contributed by atoms with Gasteiger partial charge in [-0.1, -0.05) is 33.6 Å². The predicted octanol–water partition coefficient (Wildman–Crippen LogP) is 4.93. The van der Waals surface area contributed by atoms with Gasteiger partial charge >= 0.3 is 0 Å². The second-order valence-corrected chi connectivity index (χ2v) is 6.01. The fourth-order valence-electron chi connectivity index (χ4n) is 1.81. The summed E-state index contributed by atoms with van der Waals surface area (Å²) in [5.41, 5.74) is 1.52. The Morgan fingerprint density at radius 1 is 1.09 bits per heavy atom. The first-order valence-corrected chi connectivity index (χ1v) is 7.86. The zero-order valence-corrected chi connectivity index (χ0v) is 15.1. The summed E-state index contributed by atoms with van der Waals surface area (Å²) in [4.78, 5) is 0. The highest BCUT2D eigenvalue weighted by Gasteiger charge is 2.11. The van der Waals surface area contributed by atoms with Crippen LogP contribution in [0.1, 0.15) is 0 Å². The predicted molar refractivity (Wildman–Crippen MR) is 98.5 cm³/mol. The number of hydrogen-bond donors (Lipinski definition) is 2.